The summed E-state index contributed by atoms with van der Waals surface area (Å²) in [5, 5.41) is 0. The van der Waals surface area contributed by atoms with Gasteiger partial charge in [0.1, 0.15) is 5.60 Å². The van der Waals surface area contributed by atoms with E-state index in [-0.39, 0.29) is 17.7 Å². The van der Waals surface area contributed by atoms with Crippen LogP contribution in [-0.2, 0) is 4.74 Å². The SMILES string of the molecule is O=C1OC2(CCCCC2)CN1C(c1ccccn1)C1CC=CCC1. The predicted octanol–water partition coefficient (Wildman–Crippen LogP) is 4.63. The molecular weight excluding hydrogens is 300 g/mol. The number of aromatic nitrogens is 1. The molecule has 2 atom stereocenters. The topological polar surface area (TPSA) is 42.4 Å². The van der Waals surface area contributed by atoms with Crippen LogP contribution in [0, 0.1) is 5.92 Å². The predicted molar refractivity (Wildman–Crippen MR) is 92.5 cm³/mol. The fourth-order valence-corrected chi connectivity index (χ4v) is 4.63. The molecular formula is C20H26N2O2. The van der Waals surface area contributed by atoms with Crippen LogP contribution in [-0.4, -0.2) is 28.1 Å². The average Bonchev–Trinajstić information content (AvgIpc) is 2.93. The number of hydrogen-bond acceptors (Lipinski definition) is 3. The minimum atomic E-state index is -0.243. The van der Waals surface area contributed by atoms with Crippen molar-refractivity contribution in [1.82, 2.24) is 9.88 Å². The van der Waals surface area contributed by atoms with Crippen molar-refractivity contribution in [3.05, 3.63) is 42.2 Å². The molecule has 0 aromatic carbocycles. The minimum absolute atomic E-state index is 0.0324. The lowest BCUT2D eigenvalue weighted by Gasteiger charge is -2.35. The van der Waals surface area contributed by atoms with Gasteiger partial charge in [-0.3, -0.25) is 9.88 Å². The number of allylic oxidation sites excluding steroid dienone is 2. The second-order valence-corrected chi connectivity index (χ2v) is 7.48. The van der Waals surface area contributed by atoms with E-state index in [1.54, 1.807) is 0 Å². The van der Waals surface area contributed by atoms with Gasteiger partial charge in [0.05, 0.1) is 18.3 Å². The Morgan fingerprint density at radius 1 is 1.21 bits per heavy atom. The lowest BCUT2D eigenvalue weighted by atomic mass is 9.82. The number of carbonyl (C=O) groups is 1. The van der Waals surface area contributed by atoms with Gasteiger partial charge in [0.2, 0.25) is 0 Å². The Hall–Kier alpha value is -1.84. The number of amides is 1. The van der Waals surface area contributed by atoms with Gasteiger partial charge >= 0.3 is 6.09 Å². The lowest BCUT2D eigenvalue weighted by molar-refractivity contribution is 0.0259. The molecule has 0 N–H and O–H groups in total. The molecule has 1 spiro atoms. The van der Waals surface area contributed by atoms with E-state index < -0.39 is 0 Å². The van der Waals surface area contributed by atoms with Crippen LogP contribution >= 0.6 is 0 Å². The fourth-order valence-electron chi connectivity index (χ4n) is 4.63. The van der Waals surface area contributed by atoms with Crippen LogP contribution in [0.5, 0.6) is 0 Å². The first-order chi connectivity index (χ1) is 11.8. The van der Waals surface area contributed by atoms with Gasteiger partial charge in [0.15, 0.2) is 0 Å². The average molecular weight is 326 g/mol. The van der Waals surface area contributed by atoms with E-state index in [1.807, 2.05) is 23.2 Å². The van der Waals surface area contributed by atoms with Gasteiger partial charge in [-0.25, -0.2) is 4.79 Å². The maximum Gasteiger partial charge on any atom is 0.411 e. The number of hydrogen-bond donors (Lipinski definition) is 0. The number of rotatable bonds is 3. The summed E-state index contributed by atoms with van der Waals surface area (Å²) in [4.78, 5) is 19.3. The third kappa shape index (κ3) is 2.94. The van der Waals surface area contributed by atoms with Gasteiger partial charge < -0.3 is 4.74 Å². The molecule has 2 heterocycles. The summed E-state index contributed by atoms with van der Waals surface area (Å²) in [6.45, 7) is 0.729. The maximum atomic E-state index is 12.8. The van der Waals surface area contributed by atoms with Crippen molar-refractivity contribution >= 4 is 6.09 Å². The second-order valence-electron chi connectivity index (χ2n) is 7.48. The van der Waals surface area contributed by atoms with Gasteiger partial charge in [-0.05, 0) is 63.0 Å². The van der Waals surface area contributed by atoms with E-state index in [0.717, 1.165) is 44.3 Å². The zero-order chi connectivity index (χ0) is 16.4. The highest BCUT2D eigenvalue weighted by molar-refractivity contribution is 5.71. The summed E-state index contributed by atoms with van der Waals surface area (Å²) in [5.74, 6) is 0.427. The molecule has 1 saturated heterocycles. The number of nitrogens with zero attached hydrogens (tertiary/aromatic N) is 2. The Kier molecular flexibility index (Phi) is 4.30. The number of pyridine rings is 1. The van der Waals surface area contributed by atoms with Crippen molar-refractivity contribution in [3.63, 3.8) is 0 Å². The zero-order valence-electron chi connectivity index (χ0n) is 14.2. The van der Waals surface area contributed by atoms with E-state index in [2.05, 4.69) is 23.2 Å². The summed E-state index contributed by atoms with van der Waals surface area (Å²) in [5.41, 5.74) is 0.759. The van der Waals surface area contributed by atoms with Gasteiger partial charge in [0.25, 0.3) is 0 Å². The van der Waals surface area contributed by atoms with E-state index in [4.69, 9.17) is 4.74 Å². The van der Waals surface area contributed by atoms with Crippen molar-refractivity contribution in [2.45, 2.75) is 63.0 Å². The van der Waals surface area contributed by atoms with Gasteiger partial charge in [0, 0.05) is 6.20 Å². The summed E-state index contributed by atoms with van der Waals surface area (Å²) >= 11 is 0. The maximum absolute atomic E-state index is 12.8. The quantitative estimate of drug-likeness (QED) is 0.760. The summed E-state index contributed by atoms with van der Waals surface area (Å²) < 4.78 is 5.94. The molecule has 1 aromatic heterocycles. The first kappa shape index (κ1) is 15.7. The summed E-state index contributed by atoms with van der Waals surface area (Å²) in [6.07, 6.45) is 15.0. The Balaban J connectivity index is 1.63. The van der Waals surface area contributed by atoms with Crippen LogP contribution in [0.25, 0.3) is 0 Å². The molecule has 4 heteroatoms. The largest absolute Gasteiger partial charge is 0.441 e. The molecule has 1 saturated carbocycles. The molecule has 1 aliphatic heterocycles. The van der Waals surface area contributed by atoms with Crippen LogP contribution < -0.4 is 0 Å². The van der Waals surface area contributed by atoms with Crippen LogP contribution in [0.2, 0.25) is 0 Å². The van der Waals surface area contributed by atoms with E-state index >= 15 is 0 Å². The molecule has 2 aliphatic carbocycles. The number of carbonyl (C=O) groups excluding carboxylic acids is 1. The van der Waals surface area contributed by atoms with Crippen molar-refractivity contribution in [2.24, 2.45) is 5.92 Å². The third-order valence-corrected chi connectivity index (χ3v) is 5.84. The Morgan fingerprint density at radius 2 is 2.08 bits per heavy atom. The molecule has 1 aromatic rings. The highest BCUT2D eigenvalue weighted by Gasteiger charge is 2.49. The molecule has 3 aliphatic rings. The molecule has 2 unspecified atom stereocenters. The van der Waals surface area contributed by atoms with Crippen LogP contribution in [0.1, 0.15) is 63.1 Å². The van der Waals surface area contributed by atoms with Crippen LogP contribution in [0.4, 0.5) is 4.79 Å². The Bertz CT molecular complexity index is 607. The highest BCUT2D eigenvalue weighted by atomic mass is 16.6. The molecule has 2 fully saturated rings. The first-order valence-corrected chi connectivity index (χ1v) is 9.33. The molecule has 0 bridgehead atoms. The highest BCUT2D eigenvalue weighted by Crippen LogP contribution is 2.43. The fraction of sp³-hybridized carbons (Fsp3) is 0.600. The number of ether oxygens (including phenoxy) is 1. The lowest BCUT2D eigenvalue weighted by Crippen LogP contribution is -2.40. The zero-order valence-corrected chi connectivity index (χ0v) is 14.2. The van der Waals surface area contributed by atoms with Gasteiger partial charge in [-0.2, -0.15) is 0 Å². The normalized spacial score (nSPS) is 27.2. The Morgan fingerprint density at radius 3 is 2.79 bits per heavy atom. The van der Waals surface area contributed by atoms with E-state index in [9.17, 15) is 4.79 Å². The monoisotopic (exact) mass is 326 g/mol. The first-order valence-electron chi connectivity index (χ1n) is 9.33. The van der Waals surface area contributed by atoms with Gasteiger partial charge in [-0.1, -0.05) is 24.6 Å². The van der Waals surface area contributed by atoms with Crippen molar-refractivity contribution in [2.75, 3.05) is 6.54 Å². The van der Waals surface area contributed by atoms with E-state index in [1.165, 1.54) is 19.3 Å². The van der Waals surface area contributed by atoms with Crippen molar-refractivity contribution in [1.29, 1.82) is 0 Å². The molecule has 0 radical (unpaired) electrons. The van der Waals surface area contributed by atoms with Crippen molar-refractivity contribution < 1.29 is 9.53 Å². The van der Waals surface area contributed by atoms with Crippen LogP contribution in [0.3, 0.4) is 0 Å². The molecule has 24 heavy (non-hydrogen) atoms. The minimum Gasteiger partial charge on any atom is -0.441 e. The van der Waals surface area contributed by atoms with Gasteiger partial charge in [-0.15, -0.1) is 0 Å². The smallest absolute Gasteiger partial charge is 0.411 e. The van der Waals surface area contributed by atoms with E-state index in [0.29, 0.717) is 5.92 Å². The van der Waals surface area contributed by atoms with Crippen molar-refractivity contribution in [3.8, 4) is 0 Å². The van der Waals surface area contributed by atoms with Crippen LogP contribution in [0.15, 0.2) is 36.5 Å². The molecule has 128 valence electrons. The summed E-state index contributed by atoms with van der Waals surface area (Å²) in [7, 11) is 0. The standard InChI is InChI=1S/C20H26N2O2/c23-19-22(15-20(24-19)12-6-2-7-13-20)18(16-9-3-1-4-10-16)17-11-5-8-14-21-17/h1,3,5,8,11,14,16,18H,2,4,6-7,9-10,12-13,15H2. The summed E-state index contributed by atoms with van der Waals surface area (Å²) in [6, 6.07) is 6.05. The molecule has 4 nitrogen and oxygen atoms in total. The molecule has 1 amide bonds. The molecule has 4 rings (SSSR count). The Labute approximate surface area is 143 Å². The second kappa shape index (κ2) is 6.58. The third-order valence-electron chi connectivity index (χ3n) is 5.84.